The second-order valence-electron chi connectivity index (χ2n) is 8.72. The lowest BCUT2D eigenvalue weighted by Gasteiger charge is -2.37. The van der Waals surface area contributed by atoms with Gasteiger partial charge in [-0.1, -0.05) is 43.5 Å². The quantitative estimate of drug-likeness (QED) is 0.742. The van der Waals surface area contributed by atoms with Crippen molar-refractivity contribution in [2.75, 3.05) is 32.7 Å². The first kappa shape index (κ1) is 21.1. The van der Waals surface area contributed by atoms with Gasteiger partial charge in [0, 0.05) is 37.7 Å². The van der Waals surface area contributed by atoms with Gasteiger partial charge in [-0.3, -0.25) is 19.4 Å². The van der Waals surface area contributed by atoms with Gasteiger partial charge in [0.1, 0.15) is 12.1 Å². The maximum absolute atomic E-state index is 13.1. The zero-order valence-corrected chi connectivity index (χ0v) is 18.2. The van der Waals surface area contributed by atoms with Crippen LogP contribution in [0.5, 0.6) is 0 Å². The van der Waals surface area contributed by atoms with Crippen molar-refractivity contribution in [1.82, 2.24) is 20.0 Å². The van der Waals surface area contributed by atoms with Crippen LogP contribution in [0.25, 0.3) is 0 Å². The molecule has 1 spiro atoms. The molecule has 8 heteroatoms. The number of nitrogens with one attached hydrogen (secondary N) is 1. The smallest absolute Gasteiger partial charge is 0.325 e. The Labute approximate surface area is 182 Å². The maximum atomic E-state index is 13.1. The van der Waals surface area contributed by atoms with Crippen molar-refractivity contribution in [3.05, 3.63) is 34.9 Å². The standard InChI is InChI=1S/C22H29ClN4O3/c1-16-4-2-3-9-22(16)20(29)27(21(30)24-22)15-19(28)26-12-10-25(11-13-26)14-17-5-7-18(23)8-6-17/h5-8,16H,2-4,9-15H2,1H3,(H,24,30). The Kier molecular flexibility index (Phi) is 6.02. The number of hydrogen-bond donors (Lipinski definition) is 1. The van der Waals surface area contributed by atoms with Crippen molar-refractivity contribution in [3.63, 3.8) is 0 Å². The lowest BCUT2D eigenvalue weighted by molar-refractivity contribution is -0.141. The Morgan fingerprint density at radius 2 is 1.83 bits per heavy atom. The van der Waals surface area contributed by atoms with Gasteiger partial charge < -0.3 is 10.2 Å². The summed E-state index contributed by atoms with van der Waals surface area (Å²) in [5.74, 6) is -0.293. The summed E-state index contributed by atoms with van der Waals surface area (Å²) in [4.78, 5) is 43.6. The van der Waals surface area contributed by atoms with Crippen LogP contribution in [0.2, 0.25) is 5.02 Å². The van der Waals surface area contributed by atoms with Crippen LogP contribution < -0.4 is 5.32 Å². The molecule has 3 fully saturated rings. The first-order valence-electron chi connectivity index (χ1n) is 10.8. The summed E-state index contributed by atoms with van der Waals surface area (Å²) in [6, 6.07) is 7.37. The van der Waals surface area contributed by atoms with E-state index in [9.17, 15) is 14.4 Å². The molecular weight excluding hydrogens is 404 g/mol. The van der Waals surface area contributed by atoms with E-state index in [-0.39, 0.29) is 24.3 Å². The Morgan fingerprint density at radius 3 is 2.50 bits per heavy atom. The van der Waals surface area contributed by atoms with E-state index in [0.717, 1.165) is 48.8 Å². The molecular formula is C22H29ClN4O3. The highest BCUT2D eigenvalue weighted by Crippen LogP contribution is 2.38. The molecule has 2 saturated heterocycles. The maximum Gasteiger partial charge on any atom is 0.325 e. The molecule has 2 aliphatic heterocycles. The minimum Gasteiger partial charge on any atom is -0.339 e. The van der Waals surface area contributed by atoms with Crippen molar-refractivity contribution in [3.8, 4) is 0 Å². The van der Waals surface area contributed by atoms with Crippen LogP contribution in [0.1, 0.15) is 38.2 Å². The van der Waals surface area contributed by atoms with Gasteiger partial charge in [0.15, 0.2) is 0 Å². The average molecular weight is 433 g/mol. The van der Waals surface area contributed by atoms with Gasteiger partial charge in [-0.15, -0.1) is 0 Å². The number of rotatable bonds is 4. The SMILES string of the molecule is CC1CCCCC12NC(=O)N(CC(=O)N1CCN(Cc3ccc(Cl)cc3)CC1)C2=O. The molecule has 7 nitrogen and oxygen atoms in total. The lowest BCUT2D eigenvalue weighted by Crippen LogP contribution is -2.54. The highest BCUT2D eigenvalue weighted by molar-refractivity contribution is 6.30. The number of carbonyl (C=O) groups excluding carboxylic acids is 3. The molecule has 0 radical (unpaired) electrons. The summed E-state index contributed by atoms with van der Waals surface area (Å²) >= 11 is 5.94. The summed E-state index contributed by atoms with van der Waals surface area (Å²) in [6.07, 6.45) is 3.58. The van der Waals surface area contributed by atoms with E-state index < -0.39 is 11.6 Å². The first-order chi connectivity index (χ1) is 14.4. The largest absolute Gasteiger partial charge is 0.339 e. The van der Waals surface area contributed by atoms with E-state index in [1.54, 1.807) is 4.90 Å². The molecule has 162 valence electrons. The molecule has 0 aromatic heterocycles. The van der Waals surface area contributed by atoms with Gasteiger partial charge in [-0.2, -0.15) is 0 Å². The number of piperazine rings is 1. The average Bonchev–Trinajstić information content (AvgIpc) is 2.97. The number of benzene rings is 1. The Hall–Kier alpha value is -2.12. The molecule has 2 heterocycles. The number of imide groups is 1. The third-order valence-electron chi connectivity index (χ3n) is 6.84. The summed E-state index contributed by atoms with van der Waals surface area (Å²) in [5, 5.41) is 3.64. The number of nitrogens with zero attached hydrogens (tertiary/aromatic N) is 3. The molecule has 3 aliphatic rings. The molecule has 2 unspecified atom stereocenters. The summed E-state index contributed by atoms with van der Waals surface area (Å²) in [5.41, 5.74) is 0.373. The van der Waals surface area contributed by atoms with Crippen molar-refractivity contribution in [1.29, 1.82) is 0 Å². The Balaban J connectivity index is 1.31. The minimum absolute atomic E-state index is 0.0965. The number of halogens is 1. The summed E-state index contributed by atoms with van der Waals surface area (Å²) in [7, 11) is 0. The van der Waals surface area contributed by atoms with Crippen LogP contribution >= 0.6 is 11.6 Å². The van der Waals surface area contributed by atoms with E-state index in [2.05, 4.69) is 10.2 Å². The van der Waals surface area contributed by atoms with Gasteiger partial charge in [-0.05, 0) is 36.5 Å². The van der Waals surface area contributed by atoms with Gasteiger partial charge >= 0.3 is 6.03 Å². The van der Waals surface area contributed by atoms with E-state index >= 15 is 0 Å². The van der Waals surface area contributed by atoms with Crippen LogP contribution in [-0.4, -0.2) is 70.8 Å². The van der Waals surface area contributed by atoms with Gasteiger partial charge in [-0.25, -0.2) is 4.79 Å². The minimum atomic E-state index is -0.813. The molecule has 1 aliphatic carbocycles. The Bertz CT molecular complexity index is 822. The predicted octanol–water partition coefficient (Wildman–Crippen LogP) is 2.48. The van der Waals surface area contributed by atoms with Gasteiger partial charge in [0.25, 0.3) is 5.91 Å². The molecule has 4 amide bonds. The second-order valence-corrected chi connectivity index (χ2v) is 9.16. The summed E-state index contributed by atoms with van der Waals surface area (Å²) < 4.78 is 0. The van der Waals surface area contributed by atoms with Crippen LogP contribution in [0.4, 0.5) is 4.79 Å². The predicted molar refractivity (Wildman–Crippen MR) is 114 cm³/mol. The van der Waals surface area contributed by atoms with Crippen LogP contribution in [0, 0.1) is 5.92 Å². The Morgan fingerprint density at radius 1 is 1.13 bits per heavy atom. The van der Waals surface area contributed by atoms with E-state index in [1.165, 1.54) is 5.56 Å². The van der Waals surface area contributed by atoms with Crippen LogP contribution in [0.3, 0.4) is 0 Å². The number of urea groups is 1. The molecule has 30 heavy (non-hydrogen) atoms. The van der Waals surface area contributed by atoms with Gasteiger partial charge in [0.05, 0.1) is 0 Å². The van der Waals surface area contributed by atoms with Crippen molar-refractivity contribution in [2.45, 2.75) is 44.7 Å². The zero-order valence-electron chi connectivity index (χ0n) is 17.4. The molecule has 2 atom stereocenters. The fraction of sp³-hybridized carbons (Fsp3) is 0.591. The molecule has 1 saturated carbocycles. The van der Waals surface area contributed by atoms with Crippen LogP contribution in [-0.2, 0) is 16.1 Å². The molecule has 1 aromatic carbocycles. The number of amides is 4. The van der Waals surface area contributed by atoms with Crippen molar-refractivity contribution in [2.24, 2.45) is 5.92 Å². The molecule has 0 bridgehead atoms. The van der Waals surface area contributed by atoms with Crippen LogP contribution in [0.15, 0.2) is 24.3 Å². The van der Waals surface area contributed by atoms with E-state index in [1.807, 2.05) is 31.2 Å². The zero-order chi connectivity index (χ0) is 21.3. The van der Waals surface area contributed by atoms with Crippen molar-refractivity contribution >= 4 is 29.4 Å². The fourth-order valence-electron chi connectivity index (χ4n) is 4.88. The first-order valence-corrected chi connectivity index (χ1v) is 11.2. The summed E-state index contributed by atoms with van der Waals surface area (Å²) in [6.45, 7) is 5.37. The topological polar surface area (TPSA) is 73.0 Å². The van der Waals surface area contributed by atoms with E-state index in [4.69, 9.17) is 11.6 Å². The molecule has 1 N–H and O–H groups in total. The van der Waals surface area contributed by atoms with Gasteiger partial charge in [0.2, 0.25) is 5.91 Å². The third kappa shape index (κ3) is 4.05. The molecule has 4 rings (SSSR count). The van der Waals surface area contributed by atoms with E-state index in [0.29, 0.717) is 19.5 Å². The number of hydrogen-bond acceptors (Lipinski definition) is 4. The fourth-order valence-corrected chi connectivity index (χ4v) is 5.00. The second kappa shape index (κ2) is 8.55. The highest BCUT2D eigenvalue weighted by Gasteiger charge is 2.55. The lowest BCUT2D eigenvalue weighted by atomic mass is 9.73. The normalized spacial score (nSPS) is 27.6. The number of carbonyl (C=O) groups is 3. The highest BCUT2D eigenvalue weighted by atomic mass is 35.5. The molecule has 1 aromatic rings. The third-order valence-corrected chi connectivity index (χ3v) is 7.09. The monoisotopic (exact) mass is 432 g/mol. The van der Waals surface area contributed by atoms with Crippen molar-refractivity contribution < 1.29 is 14.4 Å².